The summed E-state index contributed by atoms with van der Waals surface area (Å²) < 4.78 is 45.9. The van der Waals surface area contributed by atoms with Gasteiger partial charge in [-0.3, -0.25) is 0 Å². The summed E-state index contributed by atoms with van der Waals surface area (Å²) >= 11 is 7.27. The standard InChI is InChI=1S/C20H19ClFN3O3S2/c1-28-19-5-3-2-4-15(19)18-13-29-20(23-18)24-8-10-25(11-9-24)30(26,27)14-6-7-17(22)16(21)12-14/h2-7,12-13H,8-11H2,1H3. The highest BCUT2D eigenvalue weighted by Gasteiger charge is 2.30. The van der Waals surface area contributed by atoms with Crippen LogP contribution in [0, 0.1) is 5.82 Å². The van der Waals surface area contributed by atoms with E-state index in [0.717, 1.165) is 34.3 Å². The lowest BCUT2D eigenvalue weighted by atomic mass is 10.1. The average molecular weight is 468 g/mol. The maximum absolute atomic E-state index is 13.4. The summed E-state index contributed by atoms with van der Waals surface area (Å²) in [5.41, 5.74) is 1.74. The van der Waals surface area contributed by atoms with Gasteiger partial charge in [-0.2, -0.15) is 4.31 Å². The van der Waals surface area contributed by atoms with Gasteiger partial charge in [-0.1, -0.05) is 23.7 Å². The second kappa shape index (κ2) is 8.50. The van der Waals surface area contributed by atoms with Gasteiger partial charge in [0.1, 0.15) is 11.6 Å². The van der Waals surface area contributed by atoms with Crippen molar-refractivity contribution in [1.82, 2.24) is 9.29 Å². The van der Waals surface area contributed by atoms with Crippen LogP contribution in [-0.2, 0) is 10.0 Å². The van der Waals surface area contributed by atoms with Crippen LogP contribution in [0.5, 0.6) is 5.75 Å². The molecule has 158 valence electrons. The average Bonchev–Trinajstić information content (AvgIpc) is 3.25. The molecular formula is C20H19ClFN3O3S2. The van der Waals surface area contributed by atoms with Crippen LogP contribution < -0.4 is 9.64 Å². The van der Waals surface area contributed by atoms with E-state index >= 15 is 0 Å². The predicted octanol–water partition coefficient (Wildman–Crippen LogP) is 4.12. The van der Waals surface area contributed by atoms with Crippen LogP contribution in [-0.4, -0.2) is 51.0 Å². The molecule has 1 aliphatic rings. The van der Waals surface area contributed by atoms with Crippen molar-refractivity contribution in [1.29, 1.82) is 0 Å². The summed E-state index contributed by atoms with van der Waals surface area (Å²) in [6.45, 7) is 1.63. The van der Waals surface area contributed by atoms with Crippen LogP contribution in [0.4, 0.5) is 9.52 Å². The molecule has 0 spiro atoms. The molecule has 30 heavy (non-hydrogen) atoms. The summed E-state index contributed by atoms with van der Waals surface area (Å²) in [6, 6.07) is 11.1. The van der Waals surface area contributed by atoms with E-state index in [9.17, 15) is 12.8 Å². The number of halogens is 2. The van der Waals surface area contributed by atoms with E-state index in [1.807, 2.05) is 29.6 Å². The Morgan fingerprint density at radius 2 is 1.87 bits per heavy atom. The fourth-order valence-corrected chi connectivity index (χ4v) is 5.87. The Labute approximate surface area is 183 Å². The zero-order valence-corrected chi connectivity index (χ0v) is 18.5. The Morgan fingerprint density at radius 3 is 2.57 bits per heavy atom. The van der Waals surface area contributed by atoms with Crippen LogP contribution >= 0.6 is 22.9 Å². The van der Waals surface area contributed by atoms with Gasteiger partial charge in [0, 0.05) is 37.1 Å². The third kappa shape index (κ3) is 4.02. The number of piperazine rings is 1. The highest BCUT2D eigenvalue weighted by Crippen LogP contribution is 2.33. The number of methoxy groups -OCH3 is 1. The summed E-state index contributed by atoms with van der Waals surface area (Å²) in [5, 5.41) is 2.59. The van der Waals surface area contributed by atoms with E-state index in [4.69, 9.17) is 21.3 Å². The van der Waals surface area contributed by atoms with Gasteiger partial charge in [0.05, 0.1) is 22.7 Å². The maximum Gasteiger partial charge on any atom is 0.243 e. The highest BCUT2D eigenvalue weighted by molar-refractivity contribution is 7.89. The number of para-hydroxylation sites is 1. The van der Waals surface area contributed by atoms with Gasteiger partial charge >= 0.3 is 0 Å². The maximum atomic E-state index is 13.4. The third-order valence-corrected chi connectivity index (χ3v) is 8.00. The van der Waals surface area contributed by atoms with Crippen molar-refractivity contribution >= 4 is 38.1 Å². The molecule has 0 amide bonds. The molecule has 3 aromatic rings. The second-order valence-electron chi connectivity index (χ2n) is 6.68. The molecule has 2 heterocycles. The summed E-state index contributed by atoms with van der Waals surface area (Å²) in [4.78, 5) is 6.77. The topological polar surface area (TPSA) is 62.7 Å². The number of benzene rings is 2. The van der Waals surface area contributed by atoms with Gasteiger partial charge in [0.25, 0.3) is 0 Å². The van der Waals surface area contributed by atoms with Gasteiger partial charge in [-0.25, -0.2) is 17.8 Å². The lowest BCUT2D eigenvalue weighted by Crippen LogP contribution is -2.48. The first kappa shape index (κ1) is 21.0. The lowest BCUT2D eigenvalue weighted by Gasteiger charge is -2.33. The molecule has 0 bridgehead atoms. The molecule has 4 rings (SSSR count). The molecule has 1 saturated heterocycles. The Kier molecular flexibility index (Phi) is 5.97. The van der Waals surface area contributed by atoms with Crippen LogP contribution in [0.25, 0.3) is 11.3 Å². The summed E-state index contributed by atoms with van der Waals surface area (Å²) in [6.07, 6.45) is 0. The number of sulfonamides is 1. The van der Waals surface area contributed by atoms with Crippen molar-refractivity contribution in [2.75, 3.05) is 38.2 Å². The number of anilines is 1. The molecule has 6 nitrogen and oxygen atoms in total. The molecular weight excluding hydrogens is 449 g/mol. The minimum atomic E-state index is -3.73. The first-order chi connectivity index (χ1) is 14.4. The smallest absolute Gasteiger partial charge is 0.243 e. The van der Waals surface area contributed by atoms with Crippen molar-refractivity contribution < 1.29 is 17.5 Å². The zero-order valence-electron chi connectivity index (χ0n) is 16.1. The van der Waals surface area contributed by atoms with Gasteiger partial charge in [-0.05, 0) is 30.3 Å². The molecule has 1 fully saturated rings. The summed E-state index contributed by atoms with van der Waals surface area (Å²) in [7, 11) is -2.11. The molecule has 0 radical (unpaired) electrons. The largest absolute Gasteiger partial charge is 0.496 e. The van der Waals surface area contributed by atoms with Gasteiger partial charge < -0.3 is 9.64 Å². The van der Waals surface area contributed by atoms with Crippen molar-refractivity contribution in [2.24, 2.45) is 0 Å². The van der Waals surface area contributed by atoms with E-state index in [0.29, 0.717) is 26.2 Å². The number of hydrogen-bond donors (Lipinski definition) is 0. The molecule has 0 atom stereocenters. The normalized spacial score (nSPS) is 15.4. The predicted molar refractivity (Wildman–Crippen MR) is 116 cm³/mol. The first-order valence-corrected chi connectivity index (χ1v) is 11.9. The Morgan fingerprint density at radius 1 is 1.13 bits per heavy atom. The SMILES string of the molecule is COc1ccccc1-c1csc(N2CCN(S(=O)(=O)c3ccc(F)c(Cl)c3)CC2)n1. The monoisotopic (exact) mass is 467 g/mol. The van der Waals surface area contributed by atoms with Crippen LogP contribution in [0.2, 0.25) is 5.02 Å². The molecule has 1 aliphatic heterocycles. The molecule has 0 unspecified atom stereocenters. The van der Waals surface area contributed by atoms with Crippen molar-refractivity contribution in [3.8, 4) is 17.0 Å². The second-order valence-corrected chi connectivity index (χ2v) is 9.86. The number of ether oxygens (including phenoxy) is 1. The third-order valence-electron chi connectivity index (χ3n) is 4.91. The number of nitrogens with zero attached hydrogens (tertiary/aromatic N) is 3. The van der Waals surface area contributed by atoms with Gasteiger partial charge in [0.2, 0.25) is 10.0 Å². The van der Waals surface area contributed by atoms with Gasteiger partial charge in [-0.15, -0.1) is 11.3 Å². The molecule has 1 aromatic heterocycles. The fraction of sp³-hybridized carbons (Fsp3) is 0.250. The minimum Gasteiger partial charge on any atom is -0.496 e. The molecule has 0 aliphatic carbocycles. The van der Waals surface area contributed by atoms with Crippen LogP contribution in [0.1, 0.15) is 0 Å². The minimum absolute atomic E-state index is 0.00458. The molecule has 0 saturated carbocycles. The van der Waals surface area contributed by atoms with E-state index in [-0.39, 0.29) is 9.92 Å². The number of thiazole rings is 1. The van der Waals surface area contributed by atoms with Crippen molar-refractivity contribution in [3.63, 3.8) is 0 Å². The fourth-order valence-electron chi connectivity index (χ4n) is 3.30. The van der Waals surface area contributed by atoms with Gasteiger partial charge in [0.15, 0.2) is 5.13 Å². The Hall–Kier alpha value is -2.20. The van der Waals surface area contributed by atoms with E-state index in [2.05, 4.69) is 4.90 Å². The first-order valence-electron chi connectivity index (χ1n) is 9.19. The number of aromatic nitrogens is 1. The molecule has 0 N–H and O–H groups in total. The summed E-state index contributed by atoms with van der Waals surface area (Å²) in [5.74, 6) is 0.110. The zero-order chi connectivity index (χ0) is 21.3. The Balaban J connectivity index is 1.47. The molecule has 2 aromatic carbocycles. The van der Waals surface area contributed by atoms with E-state index < -0.39 is 15.8 Å². The van der Waals surface area contributed by atoms with Crippen LogP contribution in [0.3, 0.4) is 0 Å². The van der Waals surface area contributed by atoms with Crippen molar-refractivity contribution in [3.05, 3.63) is 58.7 Å². The molecule has 10 heteroatoms. The highest BCUT2D eigenvalue weighted by atomic mass is 35.5. The van der Waals surface area contributed by atoms with Crippen LogP contribution in [0.15, 0.2) is 52.7 Å². The quantitative estimate of drug-likeness (QED) is 0.564. The Bertz CT molecular complexity index is 1160. The van der Waals surface area contributed by atoms with E-state index in [1.54, 1.807) is 7.11 Å². The number of rotatable bonds is 5. The lowest BCUT2D eigenvalue weighted by molar-refractivity contribution is 0.384. The number of hydrogen-bond acceptors (Lipinski definition) is 6. The van der Waals surface area contributed by atoms with Crippen molar-refractivity contribution in [2.45, 2.75) is 4.90 Å². The van der Waals surface area contributed by atoms with E-state index in [1.165, 1.54) is 21.7 Å².